The van der Waals surface area contributed by atoms with E-state index in [2.05, 4.69) is 5.32 Å². The summed E-state index contributed by atoms with van der Waals surface area (Å²) in [6.45, 7) is 3.77. The molecule has 0 radical (unpaired) electrons. The molecule has 6 nitrogen and oxygen atoms in total. The largest absolute Gasteiger partial charge is 0.334 e. The second kappa shape index (κ2) is 6.79. The van der Waals surface area contributed by atoms with Crippen LogP contribution in [0, 0.1) is 0 Å². The van der Waals surface area contributed by atoms with Crippen molar-refractivity contribution in [1.82, 2.24) is 15.1 Å². The molecule has 1 aliphatic heterocycles. The van der Waals surface area contributed by atoms with Gasteiger partial charge in [0.15, 0.2) is 0 Å². The number of urea groups is 1. The average Bonchev–Trinajstić information content (AvgIpc) is 2.77. The van der Waals surface area contributed by atoms with E-state index in [4.69, 9.17) is 11.6 Å². The van der Waals surface area contributed by atoms with Gasteiger partial charge in [-0.05, 0) is 25.5 Å². The Morgan fingerprint density at radius 3 is 2.59 bits per heavy atom. The lowest BCUT2D eigenvalue weighted by molar-refractivity contribution is -0.138. The van der Waals surface area contributed by atoms with Crippen molar-refractivity contribution in [1.29, 1.82) is 0 Å². The number of rotatable bonds is 5. The Balaban J connectivity index is 2.11. The Bertz CT molecular complexity index is 587. The zero-order valence-electron chi connectivity index (χ0n) is 12.5. The predicted octanol–water partition coefficient (Wildman–Crippen LogP) is 1.63. The fraction of sp³-hybridized carbons (Fsp3) is 0.400. The standard InChI is InChI=1S/C15H18ClN3O3/c1-10(2)18(8-11-5-3-4-6-12(11)16)14(21)9-19-13(20)7-17-15(19)22/h3-6,10H,7-9H2,1-2H3,(H,17,22). The lowest BCUT2D eigenvalue weighted by Crippen LogP contribution is -2.45. The zero-order chi connectivity index (χ0) is 16.3. The summed E-state index contributed by atoms with van der Waals surface area (Å²) in [5.74, 6) is -0.680. The molecule has 4 amide bonds. The Hall–Kier alpha value is -2.08. The average molecular weight is 324 g/mol. The van der Waals surface area contributed by atoms with Crippen molar-refractivity contribution in [3.63, 3.8) is 0 Å². The van der Waals surface area contributed by atoms with Crippen molar-refractivity contribution in [2.24, 2.45) is 0 Å². The first-order chi connectivity index (χ1) is 10.4. The molecule has 1 heterocycles. The van der Waals surface area contributed by atoms with E-state index in [9.17, 15) is 14.4 Å². The van der Waals surface area contributed by atoms with Gasteiger partial charge in [0.1, 0.15) is 6.54 Å². The maximum atomic E-state index is 12.5. The van der Waals surface area contributed by atoms with Gasteiger partial charge in [0.25, 0.3) is 5.91 Å². The summed E-state index contributed by atoms with van der Waals surface area (Å²) in [6, 6.07) is 6.67. The summed E-state index contributed by atoms with van der Waals surface area (Å²) >= 11 is 6.13. The van der Waals surface area contributed by atoms with Crippen LogP contribution in [0.3, 0.4) is 0 Å². The van der Waals surface area contributed by atoms with Crippen molar-refractivity contribution in [2.75, 3.05) is 13.1 Å². The van der Waals surface area contributed by atoms with Crippen molar-refractivity contribution in [3.8, 4) is 0 Å². The molecule has 1 fully saturated rings. The minimum Gasteiger partial charge on any atom is -0.334 e. The van der Waals surface area contributed by atoms with Crippen molar-refractivity contribution >= 4 is 29.4 Å². The minimum absolute atomic E-state index is 0.0572. The molecule has 118 valence electrons. The molecule has 1 saturated heterocycles. The molecule has 2 rings (SSSR count). The van der Waals surface area contributed by atoms with E-state index in [-0.39, 0.29) is 30.9 Å². The van der Waals surface area contributed by atoms with Gasteiger partial charge in [-0.1, -0.05) is 29.8 Å². The number of hydrogen-bond donors (Lipinski definition) is 1. The highest BCUT2D eigenvalue weighted by atomic mass is 35.5. The van der Waals surface area contributed by atoms with Crippen LogP contribution in [0.5, 0.6) is 0 Å². The van der Waals surface area contributed by atoms with Gasteiger partial charge in [0, 0.05) is 17.6 Å². The van der Waals surface area contributed by atoms with Crippen LogP contribution in [0.2, 0.25) is 5.02 Å². The summed E-state index contributed by atoms with van der Waals surface area (Å²) in [5, 5.41) is 2.98. The molecule has 1 aliphatic rings. The lowest BCUT2D eigenvalue weighted by Gasteiger charge is -2.28. The minimum atomic E-state index is -0.528. The first kappa shape index (κ1) is 16.3. The summed E-state index contributed by atoms with van der Waals surface area (Å²) in [4.78, 5) is 38.1. The number of nitrogens with zero attached hydrogens (tertiary/aromatic N) is 2. The Morgan fingerprint density at radius 1 is 1.36 bits per heavy atom. The Labute approximate surface area is 134 Å². The molecule has 1 N–H and O–H groups in total. The van der Waals surface area contributed by atoms with Crippen molar-refractivity contribution < 1.29 is 14.4 Å². The maximum Gasteiger partial charge on any atom is 0.325 e. The van der Waals surface area contributed by atoms with E-state index in [1.54, 1.807) is 11.0 Å². The summed E-state index contributed by atoms with van der Waals surface area (Å²) in [7, 11) is 0. The molecule has 7 heteroatoms. The quantitative estimate of drug-likeness (QED) is 0.837. The third-order valence-corrected chi connectivity index (χ3v) is 3.84. The van der Waals surface area contributed by atoms with Gasteiger partial charge in [-0.3, -0.25) is 14.5 Å². The monoisotopic (exact) mass is 323 g/mol. The van der Waals surface area contributed by atoms with Gasteiger partial charge in [0.2, 0.25) is 5.91 Å². The molecule has 0 unspecified atom stereocenters. The summed E-state index contributed by atoms with van der Waals surface area (Å²) in [6.07, 6.45) is 0. The van der Waals surface area contributed by atoms with Crippen LogP contribution in [0.25, 0.3) is 0 Å². The van der Waals surface area contributed by atoms with Crippen LogP contribution in [0.1, 0.15) is 19.4 Å². The second-order valence-electron chi connectivity index (χ2n) is 5.35. The molecular formula is C15H18ClN3O3. The van der Waals surface area contributed by atoms with Crippen LogP contribution in [-0.2, 0) is 16.1 Å². The second-order valence-corrected chi connectivity index (χ2v) is 5.75. The highest BCUT2D eigenvalue weighted by molar-refractivity contribution is 6.31. The molecule has 0 aromatic heterocycles. The Morgan fingerprint density at radius 2 is 2.05 bits per heavy atom. The van der Waals surface area contributed by atoms with Crippen LogP contribution >= 0.6 is 11.6 Å². The van der Waals surface area contributed by atoms with Crippen molar-refractivity contribution in [3.05, 3.63) is 34.9 Å². The summed E-state index contributed by atoms with van der Waals surface area (Å²) < 4.78 is 0. The predicted molar refractivity (Wildman–Crippen MR) is 82.2 cm³/mol. The molecular weight excluding hydrogens is 306 g/mol. The Kier molecular flexibility index (Phi) is 5.03. The zero-order valence-corrected chi connectivity index (χ0v) is 13.3. The van der Waals surface area contributed by atoms with Crippen molar-refractivity contribution in [2.45, 2.75) is 26.4 Å². The van der Waals surface area contributed by atoms with Crippen LogP contribution < -0.4 is 5.32 Å². The SMILES string of the molecule is CC(C)N(Cc1ccccc1Cl)C(=O)CN1C(=O)CNC1=O. The number of benzene rings is 1. The number of halogens is 1. The van der Waals surface area contributed by atoms with Gasteiger partial charge in [-0.2, -0.15) is 0 Å². The number of carbonyl (C=O) groups is 3. The van der Waals surface area contributed by atoms with Gasteiger partial charge < -0.3 is 10.2 Å². The van der Waals surface area contributed by atoms with Gasteiger partial charge in [0.05, 0.1) is 6.54 Å². The molecule has 0 atom stereocenters. The summed E-state index contributed by atoms with van der Waals surface area (Å²) in [5.41, 5.74) is 0.823. The highest BCUT2D eigenvalue weighted by Crippen LogP contribution is 2.18. The first-order valence-corrected chi connectivity index (χ1v) is 7.39. The molecule has 0 spiro atoms. The molecule has 1 aromatic rings. The maximum absolute atomic E-state index is 12.5. The normalized spacial score (nSPS) is 14.5. The third kappa shape index (κ3) is 3.57. The molecule has 0 saturated carbocycles. The van der Waals surface area contributed by atoms with E-state index in [0.29, 0.717) is 11.6 Å². The smallest absolute Gasteiger partial charge is 0.325 e. The number of hydrogen-bond acceptors (Lipinski definition) is 3. The molecule has 0 aliphatic carbocycles. The van der Waals surface area contributed by atoms with Gasteiger partial charge >= 0.3 is 6.03 Å². The fourth-order valence-electron chi connectivity index (χ4n) is 2.21. The number of amides is 4. The number of carbonyl (C=O) groups excluding carboxylic acids is 3. The van der Waals surface area contributed by atoms with Gasteiger partial charge in [-0.25, -0.2) is 4.79 Å². The number of imide groups is 1. The highest BCUT2D eigenvalue weighted by Gasteiger charge is 2.32. The van der Waals surface area contributed by atoms with E-state index in [1.165, 1.54) is 0 Å². The third-order valence-electron chi connectivity index (χ3n) is 3.47. The van der Waals surface area contributed by atoms with Gasteiger partial charge in [-0.15, -0.1) is 0 Å². The lowest BCUT2D eigenvalue weighted by atomic mass is 10.2. The number of nitrogens with one attached hydrogen (secondary N) is 1. The van der Waals surface area contributed by atoms with E-state index >= 15 is 0 Å². The molecule has 1 aromatic carbocycles. The van der Waals surface area contributed by atoms with E-state index in [0.717, 1.165) is 10.5 Å². The molecule has 0 bridgehead atoms. The van der Waals surface area contributed by atoms with E-state index < -0.39 is 6.03 Å². The van der Waals surface area contributed by atoms with Crippen LogP contribution in [0.4, 0.5) is 4.79 Å². The fourth-order valence-corrected chi connectivity index (χ4v) is 2.41. The van der Waals surface area contributed by atoms with Crippen LogP contribution in [-0.4, -0.2) is 46.8 Å². The molecule has 22 heavy (non-hydrogen) atoms. The first-order valence-electron chi connectivity index (χ1n) is 7.01. The van der Waals surface area contributed by atoms with E-state index in [1.807, 2.05) is 32.0 Å². The van der Waals surface area contributed by atoms with Crippen LogP contribution in [0.15, 0.2) is 24.3 Å². The topological polar surface area (TPSA) is 69.7 Å².